The molecule has 2 saturated heterocycles. The number of para-hydroxylation sites is 1. The van der Waals surface area contributed by atoms with Crippen LogP contribution in [0.2, 0.25) is 0 Å². The number of amidine groups is 1. The Morgan fingerprint density at radius 2 is 1.71 bits per heavy atom. The predicted molar refractivity (Wildman–Crippen MR) is 229 cm³/mol. The number of aliphatic hydroxyl groups excluding tert-OH is 1. The topological polar surface area (TPSA) is 183 Å². The fourth-order valence-corrected chi connectivity index (χ4v) is 8.93. The zero-order valence-corrected chi connectivity index (χ0v) is 34.5. The maximum Gasteiger partial charge on any atom is 0.250 e. The van der Waals surface area contributed by atoms with Gasteiger partial charge in [-0.2, -0.15) is 10.1 Å². The standard InChI is InChI=1S/C32H37N9O3.C8H15N.C4H9N/c1-3-28-31-24(13-35-41(31)22-15-40(16-22)14-20-6-4-7-21(17-42)36-20)23-8-5-9-26(30(23)39(28)2)37-27(25(33)18-43)12-29(34)38-32(44)19-10-11-19;1-9-5-7-3-2-4-8(7)6-9;1-5-4-2-3-4/h4-9,12-13,17-19,22,28,37,43H,3,10-11,14-16,33H2,1-2H3,(H2,34,38,44);7-8H,2-6H2,1H3;4-5H,2-3H2,1H3/b25-18+,27-12+;;. The number of carbonyl (C=O) groups is 2. The summed E-state index contributed by atoms with van der Waals surface area (Å²) in [6, 6.07) is 12.7. The number of nitrogens with zero attached hydrogens (tertiary/aromatic N) is 7. The van der Waals surface area contributed by atoms with Crippen molar-refractivity contribution in [2.24, 2.45) is 34.2 Å². The summed E-state index contributed by atoms with van der Waals surface area (Å²) < 4.78 is 2.17. The Bertz CT molecular complexity index is 2020. The third-order valence-corrected chi connectivity index (χ3v) is 12.4. The first-order valence-corrected chi connectivity index (χ1v) is 21.0. The van der Waals surface area contributed by atoms with Gasteiger partial charge in [0.2, 0.25) is 0 Å². The molecule has 5 fully saturated rings. The molecule has 3 aliphatic heterocycles. The molecule has 1 amide bonds. The number of aliphatic imine (C=N–C) groups is 1. The summed E-state index contributed by atoms with van der Waals surface area (Å²) in [4.78, 5) is 38.7. The van der Waals surface area contributed by atoms with Gasteiger partial charge in [-0.15, -0.1) is 0 Å². The van der Waals surface area contributed by atoms with Gasteiger partial charge in [-0.1, -0.05) is 31.5 Å². The number of benzene rings is 1. The molecule has 1 aromatic carbocycles. The highest BCUT2D eigenvalue weighted by atomic mass is 16.2. The zero-order chi connectivity index (χ0) is 40.9. The van der Waals surface area contributed by atoms with Crippen molar-refractivity contribution in [3.05, 3.63) is 83.4 Å². The smallest absolute Gasteiger partial charge is 0.250 e. The third-order valence-electron chi connectivity index (χ3n) is 12.4. The number of carbonyl (C=O) groups excluding carboxylic acids is 2. The van der Waals surface area contributed by atoms with Crippen molar-refractivity contribution >= 4 is 29.4 Å². The van der Waals surface area contributed by atoms with E-state index in [1.165, 1.54) is 57.0 Å². The van der Waals surface area contributed by atoms with Gasteiger partial charge >= 0.3 is 0 Å². The number of hydrogen-bond acceptors (Lipinski definition) is 11. The van der Waals surface area contributed by atoms with E-state index < -0.39 is 0 Å². The Balaban J connectivity index is 0.000000304. The lowest BCUT2D eigenvalue weighted by Crippen LogP contribution is -2.48. The van der Waals surface area contributed by atoms with Crippen molar-refractivity contribution < 1.29 is 14.7 Å². The molecule has 0 spiro atoms. The van der Waals surface area contributed by atoms with Crippen LogP contribution in [-0.4, -0.2) is 101 Å². The molecule has 3 aliphatic carbocycles. The summed E-state index contributed by atoms with van der Waals surface area (Å²) in [5, 5.41) is 21.1. The van der Waals surface area contributed by atoms with Gasteiger partial charge < -0.3 is 37.0 Å². The van der Waals surface area contributed by atoms with Gasteiger partial charge in [0.1, 0.15) is 17.8 Å². The summed E-state index contributed by atoms with van der Waals surface area (Å²) in [6.45, 7) is 7.27. The number of aromatic nitrogens is 3. The second-order valence-electron chi connectivity index (χ2n) is 16.8. The maximum absolute atomic E-state index is 12.2. The summed E-state index contributed by atoms with van der Waals surface area (Å²) >= 11 is 0. The van der Waals surface area contributed by atoms with Crippen LogP contribution in [0.5, 0.6) is 0 Å². The number of aldehydes is 1. The SMILES string of the molecule is CCC1c2c(cnn2C2CN(Cc3cccc(C=O)n3)C2)-c2cccc(NC(=C/C(N)=NC(=O)C3CC3)/C(N)=C\O)c2N1C.CN1CC2CCCC2C1.CNC1CC1. The van der Waals surface area contributed by atoms with Gasteiger partial charge in [0, 0.05) is 68.9 Å². The molecule has 7 N–H and O–H groups in total. The first-order chi connectivity index (χ1) is 28.1. The highest BCUT2D eigenvalue weighted by molar-refractivity contribution is 6.02. The number of aliphatic hydroxyl groups is 1. The zero-order valence-electron chi connectivity index (χ0n) is 34.5. The first kappa shape index (κ1) is 41.1. The van der Waals surface area contributed by atoms with E-state index in [4.69, 9.17) is 16.6 Å². The molecule has 0 bridgehead atoms. The van der Waals surface area contributed by atoms with Crippen LogP contribution in [0.4, 0.5) is 11.4 Å². The van der Waals surface area contributed by atoms with E-state index >= 15 is 0 Å². The minimum absolute atomic E-state index is 0.0177. The van der Waals surface area contributed by atoms with E-state index in [0.29, 0.717) is 17.9 Å². The highest BCUT2D eigenvalue weighted by Crippen LogP contribution is 2.49. The molecule has 310 valence electrons. The average Bonchev–Trinajstić information content (AvgIpc) is 4.12. The Morgan fingerprint density at radius 1 is 0.983 bits per heavy atom. The maximum atomic E-state index is 12.2. The molecule has 6 aliphatic rings. The van der Waals surface area contributed by atoms with E-state index in [9.17, 15) is 14.7 Å². The van der Waals surface area contributed by atoms with Gasteiger partial charge in [0.25, 0.3) is 5.91 Å². The Hall–Kier alpha value is -5.05. The number of fused-ring (bicyclic) bond motifs is 4. The van der Waals surface area contributed by atoms with Crippen LogP contribution in [0, 0.1) is 17.8 Å². The first-order valence-electron chi connectivity index (χ1n) is 21.0. The third kappa shape index (κ3) is 9.46. The lowest BCUT2D eigenvalue weighted by Gasteiger charge is -2.43. The highest BCUT2D eigenvalue weighted by Gasteiger charge is 2.38. The number of nitrogens with two attached hydrogens (primary N) is 2. The van der Waals surface area contributed by atoms with Crippen molar-refractivity contribution in [1.29, 1.82) is 0 Å². The Morgan fingerprint density at radius 3 is 2.33 bits per heavy atom. The Labute approximate surface area is 342 Å². The molecule has 3 saturated carbocycles. The van der Waals surface area contributed by atoms with Crippen molar-refractivity contribution in [3.8, 4) is 11.1 Å². The van der Waals surface area contributed by atoms with Crippen LogP contribution >= 0.6 is 0 Å². The number of hydrogen-bond donors (Lipinski definition) is 5. The molecule has 0 radical (unpaired) electrons. The molecular weight excluding hydrogens is 731 g/mol. The molecule has 14 heteroatoms. The van der Waals surface area contributed by atoms with E-state index in [2.05, 4.69) is 67.1 Å². The van der Waals surface area contributed by atoms with Crippen LogP contribution in [0.3, 0.4) is 0 Å². The van der Waals surface area contributed by atoms with Gasteiger partial charge in [0.15, 0.2) is 6.29 Å². The number of anilines is 2. The molecule has 14 nitrogen and oxygen atoms in total. The fourth-order valence-electron chi connectivity index (χ4n) is 8.93. The average molecular weight is 792 g/mol. The van der Waals surface area contributed by atoms with Gasteiger partial charge in [0.05, 0.1) is 52.4 Å². The van der Waals surface area contributed by atoms with E-state index in [1.807, 2.05) is 37.5 Å². The van der Waals surface area contributed by atoms with E-state index in [0.717, 1.165) is 91.0 Å². The lowest BCUT2D eigenvalue weighted by molar-refractivity contribution is -0.118. The molecule has 5 heterocycles. The van der Waals surface area contributed by atoms with Crippen LogP contribution in [0.1, 0.15) is 92.3 Å². The number of amides is 1. The molecular formula is C44H61N11O3. The van der Waals surface area contributed by atoms with Crippen molar-refractivity contribution in [2.75, 3.05) is 57.5 Å². The molecule has 3 aromatic rings. The number of rotatable bonds is 11. The van der Waals surface area contributed by atoms with Crippen molar-refractivity contribution in [2.45, 2.75) is 83.0 Å². The molecule has 2 aromatic heterocycles. The van der Waals surface area contributed by atoms with Crippen LogP contribution < -0.4 is 27.0 Å². The van der Waals surface area contributed by atoms with Crippen molar-refractivity contribution in [3.63, 3.8) is 0 Å². The number of pyridine rings is 1. The Kier molecular flexibility index (Phi) is 12.9. The minimum atomic E-state index is -0.241. The summed E-state index contributed by atoms with van der Waals surface area (Å²) in [5.41, 5.74) is 18.9. The summed E-state index contributed by atoms with van der Waals surface area (Å²) in [5.74, 6) is 1.88. The van der Waals surface area contributed by atoms with E-state index in [1.54, 1.807) is 6.07 Å². The van der Waals surface area contributed by atoms with Gasteiger partial charge in [-0.25, -0.2) is 4.98 Å². The molecule has 9 rings (SSSR count). The normalized spacial score (nSPS) is 23.4. The second-order valence-corrected chi connectivity index (χ2v) is 16.8. The number of likely N-dealkylation sites (tertiary alicyclic amines) is 2. The predicted octanol–water partition coefficient (Wildman–Crippen LogP) is 5.38. The van der Waals surface area contributed by atoms with Gasteiger partial charge in [-0.3, -0.25) is 19.2 Å². The quantitative estimate of drug-likeness (QED) is 0.0551. The lowest BCUT2D eigenvalue weighted by atomic mass is 9.91. The van der Waals surface area contributed by atoms with Crippen molar-refractivity contribution in [1.82, 2.24) is 29.9 Å². The van der Waals surface area contributed by atoms with Crippen LogP contribution in [-0.2, 0) is 11.3 Å². The number of nitrogens with one attached hydrogen (secondary N) is 2. The minimum Gasteiger partial charge on any atom is -0.513 e. The summed E-state index contributed by atoms with van der Waals surface area (Å²) in [6.07, 6.45) is 14.8. The van der Waals surface area contributed by atoms with E-state index in [-0.39, 0.29) is 35.4 Å². The largest absolute Gasteiger partial charge is 0.513 e. The molecule has 3 atom stereocenters. The molecule has 58 heavy (non-hydrogen) atoms. The fraction of sp³-hybridized carbons (Fsp3) is 0.523. The second kappa shape index (κ2) is 18.3. The summed E-state index contributed by atoms with van der Waals surface area (Å²) in [7, 11) is 6.33. The van der Waals surface area contributed by atoms with Crippen LogP contribution in [0.25, 0.3) is 11.1 Å². The monoisotopic (exact) mass is 791 g/mol. The molecule has 3 unspecified atom stereocenters. The van der Waals surface area contributed by atoms with Gasteiger partial charge in [-0.05, 0) is 89.1 Å². The van der Waals surface area contributed by atoms with Crippen LogP contribution in [0.15, 0.2) is 71.3 Å².